The van der Waals surface area contributed by atoms with Crippen molar-refractivity contribution < 1.29 is 9.53 Å². The number of hydrogen-bond donors (Lipinski definition) is 1. The van der Waals surface area contributed by atoms with Crippen molar-refractivity contribution in [1.82, 2.24) is 4.57 Å². The van der Waals surface area contributed by atoms with Crippen molar-refractivity contribution in [2.75, 3.05) is 12.8 Å². The summed E-state index contributed by atoms with van der Waals surface area (Å²) >= 11 is 0. The number of hydrogen-bond acceptors (Lipinski definition) is 3. The summed E-state index contributed by atoms with van der Waals surface area (Å²) < 4.78 is 6.81. The lowest BCUT2D eigenvalue weighted by atomic mass is 10.1. The molecule has 0 saturated carbocycles. The van der Waals surface area contributed by atoms with Crippen LogP contribution in [0.2, 0.25) is 0 Å². The molecule has 0 unspecified atom stereocenters. The smallest absolute Gasteiger partial charge is 0.325 e. The lowest BCUT2D eigenvalue weighted by Gasteiger charge is -2.13. The quantitative estimate of drug-likeness (QED) is 0.676. The predicted molar refractivity (Wildman–Crippen MR) is 90.2 cm³/mol. The van der Waals surface area contributed by atoms with Gasteiger partial charge in [-0.3, -0.25) is 4.79 Å². The van der Waals surface area contributed by atoms with Crippen LogP contribution in [0.1, 0.15) is 26.0 Å². The second-order valence-corrected chi connectivity index (χ2v) is 5.18. The van der Waals surface area contributed by atoms with Crippen LogP contribution in [0.5, 0.6) is 0 Å². The molecule has 4 heteroatoms. The van der Waals surface area contributed by atoms with Gasteiger partial charge in [0.1, 0.15) is 6.54 Å². The largest absolute Gasteiger partial charge is 0.468 e. The van der Waals surface area contributed by atoms with E-state index < -0.39 is 0 Å². The summed E-state index contributed by atoms with van der Waals surface area (Å²) in [6.07, 6.45) is 3.10. The molecule has 2 aromatic rings. The van der Waals surface area contributed by atoms with Gasteiger partial charge in [-0.1, -0.05) is 25.1 Å². The van der Waals surface area contributed by atoms with E-state index >= 15 is 0 Å². The number of ether oxygens (including phenoxy) is 1. The third-order valence-electron chi connectivity index (χ3n) is 3.62. The number of nitrogen functional groups attached to an aromatic ring is 1. The van der Waals surface area contributed by atoms with Gasteiger partial charge in [0.05, 0.1) is 7.11 Å². The molecule has 0 aliphatic rings. The minimum atomic E-state index is -0.265. The highest BCUT2D eigenvalue weighted by atomic mass is 16.5. The lowest BCUT2D eigenvalue weighted by Crippen LogP contribution is -2.14. The summed E-state index contributed by atoms with van der Waals surface area (Å²) in [5.41, 5.74) is 10.6. The predicted octanol–water partition coefficient (Wildman–Crippen LogP) is 3.72. The van der Waals surface area contributed by atoms with Gasteiger partial charge in [0.15, 0.2) is 0 Å². The molecular weight excluding hydrogens is 276 g/mol. The maximum atomic E-state index is 11.8. The second-order valence-electron chi connectivity index (χ2n) is 5.18. The molecule has 1 heterocycles. The van der Waals surface area contributed by atoms with Crippen molar-refractivity contribution in [3.05, 3.63) is 48.2 Å². The highest BCUT2D eigenvalue weighted by molar-refractivity contribution is 5.75. The molecule has 0 saturated heterocycles. The summed E-state index contributed by atoms with van der Waals surface area (Å²) in [6.45, 7) is 4.34. The van der Waals surface area contributed by atoms with Gasteiger partial charge in [0, 0.05) is 17.1 Å². The fourth-order valence-electron chi connectivity index (χ4n) is 2.49. The molecule has 1 aromatic carbocycles. The Morgan fingerprint density at radius 3 is 2.50 bits per heavy atom. The maximum absolute atomic E-state index is 11.8. The molecule has 2 N–H and O–H groups in total. The van der Waals surface area contributed by atoms with Gasteiger partial charge in [0.2, 0.25) is 0 Å². The monoisotopic (exact) mass is 298 g/mol. The molecule has 0 radical (unpaired) electrons. The van der Waals surface area contributed by atoms with E-state index in [9.17, 15) is 4.79 Å². The molecule has 0 atom stereocenters. The van der Waals surface area contributed by atoms with E-state index in [1.165, 1.54) is 7.11 Å². The first-order chi connectivity index (χ1) is 10.6. The van der Waals surface area contributed by atoms with Gasteiger partial charge in [-0.2, -0.15) is 0 Å². The van der Waals surface area contributed by atoms with Crippen molar-refractivity contribution in [3.63, 3.8) is 0 Å². The van der Waals surface area contributed by atoms with Gasteiger partial charge < -0.3 is 15.0 Å². The first-order valence-corrected chi connectivity index (χ1v) is 7.36. The van der Waals surface area contributed by atoms with Crippen LogP contribution in [0.3, 0.4) is 0 Å². The molecule has 4 nitrogen and oxygen atoms in total. The first-order valence-electron chi connectivity index (χ1n) is 7.36. The molecule has 22 heavy (non-hydrogen) atoms. The van der Waals surface area contributed by atoms with Crippen molar-refractivity contribution in [2.24, 2.45) is 0 Å². The first kappa shape index (κ1) is 15.9. The Labute approximate surface area is 131 Å². The number of nitrogens with zero attached hydrogens (tertiary/aromatic N) is 1. The fraction of sp³-hybridized carbons (Fsp3) is 0.278. The minimum absolute atomic E-state index is 0.188. The summed E-state index contributed by atoms with van der Waals surface area (Å²) in [5, 5.41) is 0. The SMILES string of the molecule is CC/C=C(\C)c1ccc(-c2ccc(N)cc2)n1CC(=O)OC. The Morgan fingerprint density at radius 1 is 1.23 bits per heavy atom. The minimum Gasteiger partial charge on any atom is -0.468 e. The van der Waals surface area contributed by atoms with Crippen LogP contribution in [-0.2, 0) is 16.1 Å². The molecule has 2 rings (SSSR count). The molecule has 0 fully saturated rings. The van der Waals surface area contributed by atoms with Crippen molar-refractivity contribution in [1.29, 1.82) is 0 Å². The van der Waals surface area contributed by atoms with E-state index in [1.54, 1.807) is 0 Å². The van der Waals surface area contributed by atoms with Crippen LogP contribution in [0.25, 0.3) is 16.8 Å². The summed E-state index contributed by atoms with van der Waals surface area (Å²) in [7, 11) is 1.41. The topological polar surface area (TPSA) is 57.2 Å². The van der Waals surface area contributed by atoms with Gasteiger partial charge in [-0.05, 0) is 48.7 Å². The van der Waals surface area contributed by atoms with Gasteiger partial charge in [0.25, 0.3) is 0 Å². The molecule has 0 spiro atoms. The summed E-state index contributed by atoms with van der Waals surface area (Å²) in [6, 6.07) is 11.7. The number of methoxy groups -OCH3 is 1. The number of carbonyl (C=O) groups is 1. The number of allylic oxidation sites excluding steroid dienone is 2. The normalized spacial score (nSPS) is 11.5. The maximum Gasteiger partial charge on any atom is 0.325 e. The van der Waals surface area contributed by atoms with Crippen LogP contribution in [0.15, 0.2) is 42.5 Å². The number of nitrogens with two attached hydrogens (primary N) is 1. The molecule has 0 bridgehead atoms. The number of benzene rings is 1. The Morgan fingerprint density at radius 2 is 1.91 bits per heavy atom. The molecule has 116 valence electrons. The zero-order chi connectivity index (χ0) is 16.1. The standard InChI is InChI=1S/C18H22N2O2/c1-4-5-13(2)16-10-11-17(20(16)12-18(21)22-3)14-6-8-15(19)9-7-14/h5-11H,4,12,19H2,1-3H3/b13-5+. The highest BCUT2D eigenvalue weighted by Crippen LogP contribution is 2.27. The molecule has 0 aliphatic carbocycles. The van der Waals surface area contributed by atoms with Crippen LogP contribution in [-0.4, -0.2) is 17.6 Å². The van der Waals surface area contributed by atoms with E-state index in [-0.39, 0.29) is 12.5 Å². The number of rotatable bonds is 5. The Balaban J connectivity index is 2.51. The number of aromatic nitrogens is 1. The van der Waals surface area contributed by atoms with E-state index in [0.717, 1.165) is 34.6 Å². The molecule has 0 aliphatic heterocycles. The lowest BCUT2D eigenvalue weighted by molar-refractivity contribution is -0.141. The average Bonchev–Trinajstić information content (AvgIpc) is 2.92. The van der Waals surface area contributed by atoms with Crippen molar-refractivity contribution >= 4 is 17.2 Å². The van der Waals surface area contributed by atoms with Gasteiger partial charge >= 0.3 is 5.97 Å². The summed E-state index contributed by atoms with van der Waals surface area (Å²) in [4.78, 5) is 11.8. The second kappa shape index (κ2) is 6.98. The van der Waals surface area contributed by atoms with Gasteiger partial charge in [-0.15, -0.1) is 0 Å². The van der Waals surface area contributed by atoms with Crippen LogP contribution >= 0.6 is 0 Å². The van der Waals surface area contributed by atoms with Crippen molar-refractivity contribution in [2.45, 2.75) is 26.8 Å². The zero-order valence-corrected chi connectivity index (χ0v) is 13.3. The van der Waals surface area contributed by atoms with E-state index in [0.29, 0.717) is 0 Å². The molecular formula is C18H22N2O2. The number of esters is 1. The Kier molecular flexibility index (Phi) is 5.04. The third-order valence-corrected chi connectivity index (χ3v) is 3.62. The zero-order valence-electron chi connectivity index (χ0n) is 13.3. The average molecular weight is 298 g/mol. The Hall–Kier alpha value is -2.49. The fourth-order valence-corrected chi connectivity index (χ4v) is 2.49. The molecule has 1 aromatic heterocycles. The summed E-state index contributed by atoms with van der Waals surface area (Å²) in [5.74, 6) is -0.265. The number of anilines is 1. The van der Waals surface area contributed by atoms with E-state index in [4.69, 9.17) is 10.5 Å². The van der Waals surface area contributed by atoms with Crippen LogP contribution in [0, 0.1) is 0 Å². The highest BCUT2D eigenvalue weighted by Gasteiger charge is 2.14. The number of carbonyl (C=O) groups excluding carboxylic acids is 1. The van der Waals surface area contributed by atoms with E-state index in [2.05, 4.69) is 19.9 Å². The third kappa shape index (κ3) is 3.39. The molecule has 0 amide bonds. The van der Waals surface area contributed by atoms with Gasteiger partial charge in [-0.25, -0.2) is 0 Å². The van der Waals surface area contributed by atoms with Crippen LogP contribution < -0.4 is 5.73 Å². The van der Waals surface area contributed by atoms with Crippen LogP contribution in [0.4, 0.5) is 5.69 Å². The van der Waals surface area contributed by atoms with Crippen molar-refractivity contribution in [3.8, 4) is 11.3 Å². The Bertz CT molecular complexity index is 682. The van der Waals surface area contributed by atoms with E-state index in [1.807, 2.05) is 41.0 Å².